The highest BCUT2D eigenvalue weighted by Gasteiger charge is 2.17. The molecular formula is C17H14N2OS. The molecule has 0 spiro atoms. The van der Waals surface area contributed by atoms with Crippen LogP contribution in [0.2, 0.25) is 0 Å². The Morgan fingerprint density at radius 3 is 2.48 bits per heavy atom. The molecule has 3 rings (SSSR count). The third kappa shape index (κ3) is 2.62. The molecule has 0 bridgehead atoms. The average molecular weight is 294 g/mol. The van der Waals surface area contributed by atoms with Gasteiger partial charge in [-0.05, 0) is 36.6 Å². The van der Waals surface area contributed by atoms with Crippen molar-refractivity contribution < 1.29 is 4.79 Å². The van der Waals surface area contributed by atoms with Crippen molar-refractivity contribution in [2.75, 3.05) is 6.26 Å². The minimum atomic E-state index is -0.0127. The van der Waals surface area contributed by atoms with E-state index < -0.39 is 0 Å². The van der Waals surface area contributed by atoms with Crippen LogP contribution in [0.4, 0.5) is 0 Å². The van der Waals surface area contributed by atoms with Crippen LogP contribution in [0.5, 0.6) is 0 Å². The Labute approximate surface area is 127 Å². The van der Waals surface area contributed by atoms with Gasteiger partial charge in [0.2, 0.25) is 5.78 Å². The summed E-state index contributed by atoms with van der Waals surface area (Å²) in [7, 11) is 0. The minimum absolute atomic E-state index is 0.0127. The largest absolute Gasteiger partial charge is 0.287 e. The van der Waals surface area contributed by atoms with Gasteiger partial charge in [-0.15, -0.1) is 11.8 Å². The molecule has 3 aromatic rings. The second-order valence-corrected chi connectivity index (χ2v) is 5.34. The highest BCUT2D eigenvalue weighted by molar-refractivity contribution is 7.98. The zero-order valence-corrected chi connectivity index (χ0v) is 12.4. The van der Waals surface area contributed by atoms with E-state index in [4.69, 9.17) is 0 Å². The van der Waals surface area contributed by atoms with Gasteiger partial charge in [0.15, 0.2) is 0 Å². The second-order valence-electron chi connectivity index (χ2n) is 4.49. The fraction of sp³-hybridized carbons (Fsp3) is 0.0588. The van der Waals surface area contributed by atoms with Crippen molar-refractivity contribution >= 4 is 17.5 Å². The van der Waals surface area contributed by atoms with E-state index in [0.717, 1.165) is 10.6 Å². The predicted octanol–water partition coefficient (Wildman–Crippen LogP) is 3.83. The molecule has 0 N–H and O–H groups in total. The van der Waals surface area contributed by atoms with Crippen molar-refractivity contribution in [3.63, 3.8) is 0 Å². The first-order valence-electron chi connectivity index (χ1n) is 6.58. The van der Waals surface area contributed by atoms with E-state index in [-0.39, 0.29) is 5.78 Å². The number of carbonyl (C=O) groups excluding carboxylic acids is 1. The summed E-state index contributed by atoms with van der Waals surface area (Å²) in [4.78, 5) is 13.8. The van der Waals surface area contributed by atoms with E-state index in [1.165, 1.54) is 0 Å². The number of ketones is 1. The Bertz CT molecular complexity index is 765. The Morgan fingerprint density at radius 1 is 1.00 bits per heavy atom. The molecule has 0 radical (unpaired) electrons. The van der Waals surface area contributed by atoms with E-state index in [2.05, 4.69) is 5.10 Å². The van der Waals surface area contributed by atoms with Crippen LogP contribution < -0.4 is 0 Å². The monoisotopic (exact) mass is 294 g/mol. The molecule has 0 aliphatic carbocycles. The van der Waals surface area contributed by atoms with Gasteiger partial charge < -0.3 is 0 Å². The van der Waals surface area contributed by atoms with E-state index in [0.29, 0.717) is 11.3 Å². The number of hydrogen-bond donors (Lipinski definition) is 0. The summed E-state index contributed by atoms with van der Waals surface area (Å²) >= 11 is 1.57. The van der Waals surface area contributed by atoms with Crippen LogP contribution >= 0.6 is 11.8 Å². The summed E-state index contributed by atoms with van der Waals surface area (Å²) in [5.74, 6) is -0.0127. The molecule has 0 amide bonds. The van der Waals surface area contributed by atoms with Crippen LogP contribution in [0, 0.1) is 0 Å². The molecule has 104 valence electrons. The fourth-order valence-electron chi connectivity index (χ4n) is 2.22. The lowest BCUT2D eigenvalue weighted by Crippen LogP contribution is -2.10. The molecular weight excluding hydrogens is 280 g/mol. The SMILES string of the molecule is CSc1ccccc1C(=O)c1ccnn1-c1ccccc1. The van der Waals surface area contributed by atoms with Crippen molar-refractivity contribution in [3.05, 3.63) is 78.1 Å². The predicted molar refractivity (Wildman–Crippen MR) is 85.2 cm³/mol. The zero-order chi connectivity index (χ0) is 14.7. The van der Waals surface area contributed by atoms with E-state index >= 15 is 0 Å². The maximum Gasteiger partial charge on any atom is 0.212 e. The number of para-hydroxylation sites is 1. The first kappa shape index (κ1) is 13.6. The number of aromatic nitrogens is 2. The fourth-order valence-corrected chi connectivity index (χ4v) is 2.82. The molecule has 0 atom stereocenters. The topological polar surface area (TPSA) is 34.9 Å². The van der Waals surface area contributed by atoms with E-state index in [1.54, 1.807) is 28.7 Å². The number of nitrogens with zero attached hydrogens (tertiary/aromatic N) is 2. The molecule has 2 aromatic carbocycles. The molecule has 0 aliphatic rings. The highest BCUT2D eigenvalue weighted by atomic mass is 32.2. The Balaban J connectivity index is 2.06. The van der Waals surface area contributed by atoms with Crippen molar-refractivity contribution in [1.29, 1.82) is 0 Å². The standard InChI is InChI=1S/C17H14N2OS/c1-21-16-10-6-5-9-14(16)17(20)15-11-12-18-19(15)13-7-3-2-4-8-13/h2-12H,1H3. The Kier molecular flexibility index (Phi) is 3.88. The van der Waals surface area contributed by atoms with Crippen molar-refractivity contribution in [3.8, 4) is 5.69 Å². The third-order valence-corrected chi connectivity index (χ3v) is 4.02. The van der Waals surface area contributed by atoms with Crippen molar-refractivity contribution in [2.45, 2.75) is 4.90 Å². The first-order chi connectivity index (χ1) is 10.3. The van der Waals surface area contributed by atoms with Crippen molar-refractivity contribution in [2.24, 2.45) is 0 Å². The normalized spacial score (nSPS) is 10.5. The molecule has 3 nitrogen and oxygen atoms in total. The molecule has 0 saturated heterocycles. The quantitative estimate of drug-likeness (QED) is 0.542. The van der Waals surface area contributed by atoms with Gasteiger partial charge in [-0.2, -0.15) is 5.10 Å². The molecule has 0 aliphatic heterocycles. The molecule has 0 saturated carbocycles. The second kappa shape index (κ2) is 5.97. The lowest BCUT2D eigenvalue weighted by atomic mass is 10.1. The molecule has 1 aromatic heterocycles. The van der Waals surface area contributed by atoms with Gasteiger partial charge in [0.05, 0.1) is 11.9 Å². The van der Waals surface area contributed by atoms with Gasteiger partial charge >= 0.3 is 0 Å². The van der Waals surface area contributed by atoms with Crippen LogP contribution in [-0.4, -0.2) is 21.8 Å². The summed E-state index contributed by atoms with van der Waals surface area (Å²) in [6.07, 6.45) is 3.63. The van der Waals surface area contributed by atoms with Gasteiger partial charge in [0.1, 0.15) is 5.69 Å². The van der Waals surface area contributed by atoms with Crippen molar-refractivity contribution in [1.82, 2.24) is 9.78 Å². The third-order valence-electron chi connectivity index (χ3n) is 3.23. The van der Waals surface area contributed by atoms with Gasteiger partial charge in [0, 0.05) is 10.5 Å². The van der Waals surface area contributed by atoms with Gasteiger partial charge in [-0.3, -0.25) is 4.79 Å². The van der Waals surface area contributed by atoms with Gasteiger partial charge in [-0.25, -0.2) is 4.68 Å². The van der Waals surface area contributed by atoms with Crippen LogP contribution in [0.15, 0.2) is 71.8 Å². The van der Waals surface area contributed by atoms with E-state index in [1.807, 2.05) is 60.9 Å². The summed E-state index contributed by atoms with van der Waals surface area (Å²) < 4.78 is 1.68. The molecule has 21 heavy (non-hydrogen) atoms. The van der Waals surface area contributed by atoms with Crippen LogP contribution in [0.25, 0.3) is 5.69 Å². The number of rotatable bonds is 4. The van der Waals surface area contributed by atoms with Gasteiger partial charge in [0.25, 0.3) is 0 Å². The van der Waals surface area contributed by atoms with Crippen LogP contribution in [-0.2, 0) is 0 Å². The highest BCUT2D eigenvalue weighted by Crippen LogP contribution is 2.23. The van der Waals surface area contributed by atoms with Crippen LogP contribution in [0.3, 0.4) is 0 Å². The number of hydrogen-bond acceptors (Lipinski definition) is 3. The lowest BCUT2D eigenvalue weighted by Gasteiger charge is -2.09. The molecule has 0 fully saturated rings. The maximum atomic E-state index is 12.8. The molecule has 0 unspecified atom stereocenters. The zero-order valence-electron chi connectivity index (χ0n) is 11.6. The first-order valence-corrected chi connectivity index (χ1v) is 7.81. The summed E-state index contributed by atoms with van der Waals surface area (Å²) in [6.45, 7) is 0. The molecule has 4 heteroatoms. The summed E-state index contributed by atoms with van der Waals surface area (Å²) in [6, 6.07) is 19.1. The number of thioether (sulfide) groups is 1. The Hall–Kier alpha value is -2.33. The Morgan fingerprint density at radius 2 is 1.71 bits per heavy atom. The smallest absolute Gasteiger partial charge is 0.212 e. The number of carbonyl (C=O) groups is 1. The molecule has 1 heterocycles. The summed E-state index contributed by atoms with van der Waals surface area (Å²) in [5, 5.41) is 4.28. The number of benzene rings is 2. The lowest BCUT2D eigenvalue weighted by molar-refractivity contribution is 0.102. The van der Waals surface area contributed by atoms with Gasteiger partial charge in [-0.1, -0.05) is 30.3 Å². The van der Waals surface area contributed by atoms with Crippen LogP contribution in [0.1, 0.15) is 16.1 Å². The summed E-state index contributed by atoms with van der Waals surface area (Å²) in [5.41, 5.74) is 2.16. The average Bonchev–Trinajstić information content (AvgIpc) is 3.04. The van der Waals surface area contributed by atoms with E-state index in [9.17, 15) is 4.79 Å². The maximum absolute atomic E-state index is 12.8. The minimum Gasteiger partial charge on any atom is -0.287 e.